The summed E-state index contributed by atoms with van der Waals surface area (Å²) in [5.74, 6) is 0.233. The lowest BCUT2D eigenvalue weighted by atomic mass is 10.1. The number of halogens is 1. The van der Waals surface area contributed by atoms with Crippen LogP contribution in [0, 0.1) is 6.92 Å². The molecule has 110 valence electrons. The van der Waals surface area contributed by atoms with E-state index in [-0.39, 0.29) is 6.61 Å². The number of methoxy groups -OCH3 is 1. The van der Waals surface area contributed by atoms with Crippen LogP contribution in [0.1, 0.15) is 21.5 Å². The number of nitrogen functional groups attached to an aromatic ring is 1. The molecule has 0 amide bonds. The molecule has 0 bridgehead atoms. The Labute approximate surface area is 132 Å². The van der Waals surface area contributed by atoms with Crippen LogP contribution < -0.4 is 10.5 Å². The number of ether oxygens (including phenoxy) is 2. The van der Waals surface area contributed by atoms with E-state index in [2.05, 4.69) is 15.9 Å². The average Bonchev–Trinajstić information content (AvgIpc) is 2.45. The number of anilines is 1. The van der Waals surface area contributed by atoms with Crippen molar-refractivity contribution < 1.29 is 14.3 Å². The zero-order valence-electron chi connectivity index (χ0n) is 11.9. The lowest BCUT2D eigenvalue weighted by Gasteiger charge is -2.12. The molecule has 0 fully saturated rings. The van der Waals surface area contributed by atoms with Gasteiger partial charge in [-0.25, -0.2) is 4.79 Å². The van der Waals surface area contributed by atoms with E-state index in [4.69, 9.17) is 15.2 Å². The molecule has 0 unspecified atom stereocenters. The molecule has 0 saturated heterocycles. The molecule has 0 aliphatic heterocycles. The highest BCUT2D eigenvalue weighted by Gasteiger charge is 2.15. The minimum Gasteiger partial charge on any atom is -0.496 e. The molecule has 0 aliphatic rings. The van der Waals surface area contributed by atoms with Crippen LogP contribution in [0.3, 0.4) is 0 Å². The van der Waals surface area contributed by atoms with Crippen LogP contribution in [0.5, 0.6) is 5.75 Å². The number of hydrogen-bond acceptors (Lipinski definition) is 4. The van der Waals surface area contributed by atoms with Gasteiger partial charge < -0.3 is 15.2 Å². The molecule has 0 spiro atoms. The molecular formula is C16H16BrNO3. The van der Waals surface area contributed by atoms with Gasteiger partial charge in [0, 0.05) is 15.7 Å². The number of nitrogens with two attached hydrogens (primary N) is 1. The summed E-state index contributed by atoms with van der Waals surface area (Å²) in [5.41, 5.74) is 8.24. The number of rotatable bonds is 4. The highest BCUT2D eigenvalue weighted by molar-refractivity contribution is 9.10. The first-order valence-electron chi connectivity index (χ1n) is 6.37. The maximum Gasteiger partial charge on any atom is 0.340 e. The van der Waals surface area contributed by atoms with Gasteiger partial charge in [-0.3, -0.25) is 0 Å². The molecule has 2 aromatic rings. The van der Waals surface area contributed by atoms with E-state index in [1.54, 1.807) is 19.2 Å². The Kier molecular flexibility index (Phi) is 4.85. The third-order valence-corrected chi connectivity index (χ3v) is 3.60. The first-order chi connectivity index (χ1) is 10.0. The van der Waals surface area contributed by atoms with Gasteiger partial charge in [-0.1, -0.05) is 28.1 Å². The van der Waals surface area contributed by atoms with Gasteiger partial charge in [-0.05, 0) is 36.8 Å². The van der Waals surface area contributed by atoms with Crippen molar-refractivity contribution >= 4 is 27.6 Å². The molecule has 4 nitrogen and oxygen atoms in total. The van der Waals surface area contributed by atoms with Crippen LogP contribution >= 0.6 is 15.9 Å². The van der Waals surface area contributed by atoms with E-state index in [1.165, 1.54) is 0 Å². The second-order valence-electron chi connectivity index (χ2n) is 4.57. The normalized spacial score (nSPS) is 10.2. The SMILES string of the molecule is COc1ccc(Br)cc1COC(=O)c1c(C)cccc1N. The Morgan fingerprint density at radius 1 is 1.29 bits per heavy atom. The lowest BCUT2D eigenvalue weighted by Crippen LogP contribution is -2.10. The fourth-order valence-corrected chi connectivity index (χ4v) is 2.45. The summed E-state index contributed by atoms with van der Waals surface area (Å²) in [4.78, 5) is 12.2. The van der Waals surface area contributed by atoms with Crippen LogP contribution in [0.4, 0.5) is 5.69 Å². The molecule has 2 aromatic carbocycles. The topological polar surface area (TPSA) is 61.5 Å². The fraction of sp³-hybridized carbons (Fsp3) is 0.188. The van der Waals surface area contributed by atoms with Gasteiger partial charge in [0.05, 0.1) is 12.7 Å². The zero-order valence-corrected chi connectivity index (χ0v) is 13.4. The minimum absolute atomic E-state index is 0.120. The molecule has 0 aliphatic carbocycles. The van der Waals surface area contributed by atoms with Gasteiger partial charge in [-0.15, -0.1) is 0 Å². The number of aryl methyl sites for hydroxylation is 1. The van der Waals surface area contributed by atoms with E-state index in [1.807, 2.05) is 31.2 Å². The van der Waals surface area contributed by atoms with Crippen molar-refractivity contribution in [1.82, 2.24) is 0 Å². The zero-order chi connectivity index (χ0) is 15.4. The summed E-state index contributed by atoms with van der Waals surface area (Å²) >= 11 is 3.38. The molecule has 0 atom stereocenters. The summed E-state index contributed by atoms with van der Waals surface area (Å²) in [6, 6.07) is 10.8. The van der Waals surface area contributed by atoms with Gasteiger partial charge >= 0.3 is 5.97 Å². The number of benzene rings is 2. The van der Waals surface area contributed by atoms with Crippen molar-refractivity contribution in [2.24, 2.45) is 0 Å². The van der Waals surface area contributed by atoms with E-state index in [9.17, 15) is 4.79 Å². The van der Waals surface area contributed by atoms with E-state index in [0.717, 1.165) is 15.6 Å². The van der Waals surface area contributed by atoms with Crippen molar-refractivity contribution in [3.05, 3.63) is 57.6 Å². The standard InChI is InChI=1S/C16H16BrNO3/c1-10-4-3-5-13(18)15(10)16(19)21-9-11-8-12(17)6-7-14(11)20-2/h3-8H,9,18H2,1-2H3. The average molecular weight is 350 g/mol. The Hall–Kier alpha value is -2.01. The molecule has 0 saturated carbocycles. The maximum atomic E-state index is 12.2. The minimum atomic E-state index is -0.437. The smallest absolute Gasteiger partial charge is 0.340 e. The Morgan fingerprint density at radius 3 is 2.71 bits per heavy atom. The van der Waals surface area contributed by atoms with Crippen LogP contribution in [-0.2, 0) is 11.3 Å². The van der Waals surface area contributed by atoms with Crippen LogP contribution in [0.15, 0.2) is 40.9 Å². The second kappa shape index (κ2) is 6.63. The summed E-state index contributed by atoms with van der Waals surface area (Å²) < 4.78 is 11.5. The third-order valence-electron chi connectivity index (χ3n) is 3.11. The van der Waals surface area contributed by atoms with E-state index >= 15 is 0 Å². The number of carbonyl (C=O) groups excluding carboxylic acids is 1. The molecule has 0 heterocycles. The summed E-state index contributed by atoms with van der Waals surface area (Å²) in [6.07, 6.45) is 0. The summed E-state index contributed by atoms with van der Waals surface area (Å²) in [5, 5.41) is 0. The first-order valence-corrected chi connectivity index (χ1v) is 7.17. The Bertz CT molecular complexity index is 650. The predicted octanol–water partition coefficient (Wildman–Crippen LogP) is 3.71. The van der Waals surface area contributed by atoms with Gasteiger partial charge in [0.15, 0.2) is 0 Å². The second-order valence-corrected chi connectivity index (χ2v) is 5.49. The van der Waals surface area contributed by atoms with Crippen LogP contribution in [-0.4, -0.2) is 13.1 Å². The molecule has 0 aromatic heterocycles. The molecule has 2 N–H and O–H groups in total. The largest absolute Gasteiger partial charge is 0.496 e. The number of esters is 1. The van der Waals surface area contributed by atoms with Crippen LogP contribution in [0.2, 0.25) is 0 Å². The quantitative estimate of drug-likeness (QED) is 0.675. The van der Waals surface area contributed by atoms with Crippen LogP contribution in [0.25, 0.3) is 0 Å². The summed E-state index contributed by atoms with van der Waals surface area (Å²) in [6.45, 7) is 1.95. The van der Waals surface area contributed by atoms with Crippen molar-refractivity contribution in [3.8, 4) is 5.75 Å². The monoisotopic (exact) mass is 349 g/mol. The maximum absolute atomic E-state index is 12.2. The Morgan fingerprint density at radius 2 is 2.05 bits per heavy atom. The van der Waals surface area contributed by atoms with Gasteiger partial charge in [-0.2, -0.15) is 0 Å². The first kappa shape index (κ1) is 15.4. The highest BCUT2D eigenvalue weighted by atomic mass is 79.9. The van der Waals surface area contributed by atoms with Crippen molar-refractivity contribution in [2.75, 3.05) is 12.8 Å². The van der Waals surface area contributed by atoms with E-state index < -0.39 is 5.97 Å². The van der Waals surface area contributed by atoms with Gasteiger partial charge in [0.2, 0.25) is 0 Å². The molecule has 0 radical (unpaired) electrons. The molecule has 2 rings (SSSR count). The highest BCUT2D eigenvalue weighted by Crippen LogP contribution is 2.25. The lowest BCUT2D eigenvalue weighted by molar-refractivity contribution is 0.0470. The Balaban J connectivity index is 2.17. The molecule has 21 heavy (non-hydrogen) atoms. The van der Waals surface area contributed by atoms with Gasteiger partial charge in [0.1, 0.15) is 12.4 Å². The van der Waals surface area contributed by atoms with Crippen molar-refractivity contribution in [3.63, 3.8) is 0 Å². The van der Waals surface area contributed by atoms with Gasteiger partial charge in [0.25, 0.3) is 0 Å². The molecular weight excluding hydrogens is 334 g/mol. The predicted molar refractivity (Wildman–Crippen MR) is 85.4 cm³/mol. The van der Waals surface area contributed by atoms with E-state index in [0.29, 0.717) is 17.0 Å². The van der Waals surface area contributed by atoms with Crippen molar-refractivity contribution in [2.45, 2.75) is 13.5 Å². The number of carbonyl (C=O) groups is 1. The number of hydrogen-bond donors (Lipinski definition) is 1. The van der Waals surface area contributed by atoms with Crippen molar-refractivity contribution in [1.29, 1.82) is 0 Å². The summed E-state index contributed by atoms with van der Waals surface area (Å²) in [7, 11) is 1.58. The molecule has 5 heteroatoms. The fourth-order valence-electron chi connectivity index (χ4n) is 2.04. The third kappa shape index (κ3) is 3.55.